The van der Waals surface area contributed by atoms with Crippen LogP contribution in [0.4, 0.5) is 13.2 Å². The van der Waals surface area contributed by atoms with Gasteiger partial charge in [-0.15, -0.1) is 0 Å². The molecule has 68 valence electrons. The monoisotopic (exact) mass is 179 g/mol. The van der Waals surface area contributed by atoms with Gasteiger partial charge in [0.15, 0.2) is 0 Å². The van der Waals surface area contributed by atoms with E-state index in [1.165, 1.54) is 0 Å². The van der Waals surface area contributed by atoms with Gasteiger partial charge in [0.1, 0.15) is 17.6 Å². The van der Waals surface area contributed by atoms with E-state index >= 15 is 0 Å². The molecule has 1 heterocycles. The van der Waals surface area contributed by atoms with E-state index in [0.717, 1.165) is 20.2 Å². The number of hydrogen-bond acceptors (Lipinski definition) is 2. The third kappa shape index (κ3) is 1.28. The van der Waals surface area contributed by atoms with Crippen LogP contribution in [0.25, 0.3) is 0 Å². The first-order valence-corrected chi connectivity index (χ1v) is 3.28. The van der Waals surface area contributed by atoms with Crippen molar-refractivity contribution in [2.45, 2.75) is 25.4 Å². The van der Waals surface area contributed by atoms with Crippen LogP contribution in [0.2, 0.25) is 0 Å². The highest BCUT2D eigenvalue weighted by Gasteiger charge is 2.50. The minimum atomic E-state index is -4.31. The third-order valence-electron chi connectivity index (χ3n) is 1.72. The molecule has 0 aliphatic rings. The van der Waals surface area contributed by atoms with Crippen molar-refractivity contribution in [1.82, 2.24) is 15.2 Å². The highest BCUT2D eigenvalue weighted by atomic mass is 19.4. The lowest BCUT2D eigenvalue weighted by atomic mass is 9.92. The first kappa shape index (κ1) is 9.02. The minimum Gasteiger partial charge on any atom is -0.263 e. The first-order valence-electron chi connectivity index (χ1n) is 3.28. The molecule has 1 aromatic rings. The van der Waals surface area contributed by atoms with Gasteiger partial charge in [-0.05, 0) is 13.8 Å². The van der Waals surface area contributed by atoms with Crippen LogP contribution in [-0.2, 0) is 5.41 Å². The second-order valence-corrected chi connectivity index (χ2v) is 2.96. The number of nitrogens with zero attached hydrogens (tertiary/aromatic N) is 2. The lowest BCUT2D eigenvalue weighted by Gasteiger charge is -2.24. The second kappa shape index (κ2) is 2.46. The molecule has 1 aromatic heterocycles. The summed E-state index contributed by atoms with van der Waals surface area (Å²) in [5.74, 6) is -0.171. The van der Waals surface area contributed by atoms with Crippen LogP contribution in [-0.4, -0.2) is 21.4 Å². The molecule has 0 aromatic carbocycles. The van der Waals surface area contributed by atoms with E-state index in [1.807, 2.05) is 0 Å². The lowest BCUT2D eigenvalue weighted by Crippen LogP contribution is -2.37. The molecule has 0 aliphatic carbocycles. The molecule has 0 bridgehead atoms. The van der Waals surface area contributed by atoms with Crippen molar-refractivity contribution in [2.75, 3.05) is 0 Å². The molecule has 0 fully saturated rings. The van der Waals surface area contributed by atoms with Crippen LogP contribution < -0.4 is 0 Å². The Morgan fingerprint density at radius 2 is 1.92 bits per heavy atom. The van der Waals surface area contributed by atoms with Crippen molar-refractivity contribution in [3.05, 3.63) is 12.2 Å². The van der Waals surface area contributed by atoms with Crippen molar-refractivity contribution in [2.24, 2.45) is 0 Å². The number of H-pyrrole nitrogens is 1. The van der Waals surface area contributed by atoms with E-state index in [9.17, 15) is 13.2 Å². The molecule has 0 atom stereocenters. The predicted octanol–water partition coefficient (Wildman–Crippen LogP) is 1.64. The Bertz CT molecular complexity index is 250. The Balaban J connectivity index is 3.02. The lowest BCUT2D eigenvalue weighted by molar-refractivity contribution is -0.182. The number of aromatic amines is 1. The predicted molar refractivity (Wildman–Crippen MR) is 35.5 cm³/mol. The molecule has 0 unspecified atom stereocenters. The maximum absolute atomic E-state index is 12.3. The summed E-state index contributed by atoms with van der Waals surface area (Å²) in [5, 5.41) is 5.57. The first-order chi connectivity index (χ1) is 5.36. The van der Waals surface area contributed by atoms with Gasteiger partial charge in [0, 0.05) is 0 Å². The zero-order valence-corrected chi connectivity index (χ0v) is 6.61. The van der Waals surface area contributed by atoms with Crippen molar-refractivity contribution in [1.29, 1.82) is 0 Å². The molecule has 0 saturated heterocycles. The Labute approximate surface area is 67.0 Å². The molecule has 0 amide bonds. The molecule has 0 saturated carbocycles. The third-order valence-corrected chi connectivity index (χ3v) is 1.72. The molecule has 12 heavy (non-hydrogen) atoms. The number of hydrogen-bond donors (Lipinski definition) is 1. The van der Waals surface area contributed by atoms with Crippen LogP contribution in [0.3, 0.4) is 0 Å². The van der Waals surface area contributed by atoms with Crippen LogP contribution in [0.1, 0.15) is 19.7 Å². The fourth-order valence-electron chi connectivity index (χ4n) is 0.641. The van der Waals surface area contributed by atoms with E-state index in [-0.39, 0.29) is 5.82 Å². The largest absolute Gasteiger partial charge is 0.400 e. The van der Waals surface area contributed by atoms with Gasteiger partial charge in [-0.25, -0.2) is 4.98 Å². The van der Waals surface area contributed by atoms with Crippen LogP contribution >= 0.6 is 0 Å². The molecule has 1 N–H and O–H groups in total. The van der Waals surface area contributed by atoms with Gasteiger partial charge in [-0.2, -0.15) is 18.3 Å². The fraction of sp³-hybridized carbons (Fsp3) is 0.667. The standard InChI is InChI=1S/C6H8F3N3/c1-5(2,6(7,8)9)4-10-3-11-12-4/h3H,1-2H3,(H,10,11,12). The number of halogens is 3. The van der Waals surface area contributed by atoms with Gasteiger partial charge < -0.3 is 0 Å². The summed E-state index contributed by atoms with van der Waals surface area (Å²) in [5.41, 5.74) is -1.97. The quantitative estimate of drug-likeness (QED) is 0.712. The fourth-order valence-corrected chi connectivity index (χ4v) is 0.641. The maximum Gasteiger partial charge on any atom is 0.400 e. The molecule has 6 heteroatoms. The number of aromatic nitrogens is 3. The normalized spacial score (nSPS) is 13.4. The van der Waals surface area contributed by atoms with Crippen LogP contribution in [0.5, 0.6) is 0 Å². The maximum atomic E-state index is 12.3. The SMILES string of the molecule is CC(C)(c1ncn[nH]1)C(F)(F)F. The van der Waals surface area contributed by atoms with Gasteiger partial charge in [0.25, 0.3) is 0 Å². The summed E-state index contributed by atoms with van der Waals surface area (Å²) in [7, 11) is 0. The smallest absolute Gasteiger partial charge is 0.263 e. The highest BCUT2D eigenvalue weighted by Crippen LogP contribution is 2.38. The molecule has 1 rings (SSSR count). The van der Waals surface area contributed by atoms with Crippen LogP contribution in [0.15, 0.2) is 6.33 Å². The molecule has 3 nitrogen and oxygen atoms in total. The van der Waals surface area contributed by atoms with E-state index in [4.69, 9.17) is 0 Å². The second-order valence-electron chi connectivity index (χ2n) is 2.96. The molecular formula is C6H8F3N3. The van der Waals surface area contributed by atoms with Gasteiger partial charge >= 0.3 is 6.18 Å². The summed E-state index contributed by atoms with van der Waals surface area (Å²) in [6.45, 7) is 2.10. The zero-order valence-electron chi connectivity index (χ0n) is 6.61. The Morgan fingerprint density at radius 1 is 1.33 bits per heavy atom. The van der Waals surface area contributed by atoms with E-state index in [1.54, 1.807) is 0 Å². The average Bonchev–Trinajstić information content (AvgIpc) is 2.34. The molecule has 0 spiro atoms. The molecule has 0 radical (unpaired) electrons. The number of alkyl halides is 3. The topological polar surface area (TPSA) is 41.6 Å². The van der Waals surface area contributed by atoms with Gasteiger partial charge in [-0.3, -0.25) is 5.10 Å². The van der Waals surface area contributed by atoms with Gasteiger partial charge in [0.05, 0.1) is 0 Å². The number of rotatable bonds is 1. The van der Waals surface area contributed by atoms with Gasteiger partial charge in [0.2, 0.25) is 0 Å². The Kier molecular flexibility index (Phi) is 1.85. The summed E-state index contributed by atoms with van der Waals surface area (Å²) >= 11 is 0. The zero-order chi connectivity index (χ0) is 9.41. The molecule has 0 aliphatic heterocycles. The van der Waals surface area contributed by atoms with E-state index in [2.05, 4.69) is 15.2 Å². The summed E-state index contributed by atoms with van der Waals surface area (Å²) in [6.07, 6.45) is -3.25. The van der Waals surface area contributed by atoms with Crippen LogP contribution in [0, 0.1) is 0 Å². The van der Waals surface area contributed by atoms with Crippen molar-refractivity contribution in [3.8, 4) is 0 Å². The van der Waals surface area contributed by atoms with E-state index < -0.39 is 11.6 Å². The van der Waals surface area contributed by atoms with Gasteiger partial charge in [-0.1, -0.05) is 0 Å². The average molecular weight is 179 g/mol. The minimum absolute atomic E-state index is 0.171. The highest BCUT2D eigenvalue weighted by molar-refractivity contribution is 5.05. The summed E-state index contributed by atoms with van der Waals surface area (Å²) < 4.78 is 36.9. The summed E-state index contributed by atoms with van der Waals surface area (Å²) in [4.78, 5) is 3.47. The summed E-state index contributed by atoms with van der Waals surface area (Å²) in [6, 6.07) is 0. The number of nitrogens with one attached hydrogen (secondary N) is 1. The molecular weight excluding hydrogens is 171 g/mol. The van der Waals surface area contributed by atoms with Crippen molar-refractivity contribution in [3.63, 3.8) is 0 Å². The Morgan fingerprint density at radius 3 is 2.25 bits per heavy atom. The van der Waals surface area contributed by atoms with E-state index in [0.29, 0.717) is 0 Å². The Hall–Kier alpha value is -1.07. The van der Waals surface area contributed by atoms with Crippen molar-refractivity contribution < 1.29 is 13.2 Å². The van der Waals surface area contributed by atoms with Crippen molar-refractivity contribution >= 4 is 0 Å².